The molecule has 0 fully saturated rings. The standard InChI is InChI=1S/C14H9NO2S.C8H5BrS.C6H5BNO4/c16-15(17)13-4-2-1-3-12(13)11-6-5-10-7-8-18-14(10)9-11;9-7-2-1-6-3-4-10-8(6)5-7;9-7-12-6-4-2-1-3-5(6)8(10)11/h1-9H;1-5H;1-4,9H. The molecular formula is C28H19BBrN2O6S2. The minimum absolute atomic E-state index is 0.0185. The van der Waals surface area contributed by atoms with Crippen LogP contribution in [0.25, 0.3) is 31.3 Å². The molecule has 1 N–H and O–H groups in total. The van der Waals surface area contributed by atoms with Gasteiger partial charge in [0.2, 0.25) is 0 Å². The van der Waals surface area contributed by atoms with Crippen LogP contribution in [0.15, 0.2) is 112 Å². The third kappa shape index (κ3) is 7.30. The van der Waals surface area contributed by atoms with Crippen LogP contribution in [0.1, 0.15) is 0 Å². The van der Waals surface area contributed by atoms with Gasteiger partial charge in [0.05, 0.1) is 15.4 Å². The van der Waals surface area contributed by atoms with Gasteiger partial charge in [-0.1, -0.05) is 58.4 Å². The van der Waals surface area contributed by atoms with E-state index < -0.39 is 4.92 Å². The number of benzene rings is 4. The summed E-state index contributed by atoms with van der Waals surface area (Å²) in [6.07, 6.45) is 0. The van der Waals surface area contributed by atoms with Crippen molar-refractivity contribution in [2.45, 2.75) is 0 Å². The van der Waals surface area contributed by atoms with Gasteiger partial charge in [-0.2, -0.15) is 0 Å². The molecule has 0 amide bonds. The molecule has 0 aliphatic heterocycles. The summed E-state index contributed by atoms with van der Waals surface area (Å²) < 4.78 is 8.13. The average molecular weight is 634 g/mol. The van der Waals surface area contributed by atoms with Gasteiger partial charge in [0, 0.05) is 26.0 Å². The molecule has 0 saturated carbocycles. The Labute approximate surface area is 245 Å². The predicted molar refractivity (Wildman–Crippen MR) is 165 cm³/mol. The molecule has 0 atom stereocenters. The lowest BCUT2D eigenvalue weighted by Gasteiger charge is -2.03. The quantitative estimate of drug-likeness (QED) is 0.115. The molecule has 2 heterocycles. The van der Waals surface area contributed by atoms with E-state index >= 15 is 0 Å². The van der Waals surface area contributed by atoms with Crippen molar-refractivity contribution < 1.29 is 19.5 Å². The highest BCUT2D eigenvalue weighted by atomic mass is 79.9. The van der Waals surface area contributed by atoms with Crippen molar-refractivity contribution in [1.82, 2.24) is 0 Å². The molecule has 40 heavy (non-hydrogen) atoms. The van der Waals surface area contributed by atoms with E-state index in [9.17, 15) is 20.2 Å². The third-order valence-corrected chi connectivity index (χ3v) is 7.78. The first-order valence-corrected chi connectivity index (χ1v) is 14.1. The Hall–Kier alpha value is -4.10. The minimum Gasteiger partial charge on any atom is -0.533 e. The maximum Gasteiger partial charge on any atom is 0.569 e. The minimum atomic E-state index is -0.584. The Bertz CT molecular complexity index is 1770. The van der Waals surface area contributed by atoms with Gasteiger partial charge in [-0.25, -0.2) is 0 Å². The van der Waals surface area contributed by atoms with E-state index in [-0.39, 0.29) is 22.0 Å². The highest BCUT2D eigenvalue weighted by Crippen LogP contribution is 2.33. The summed E-state index contributed by atoms with van der Waals surface area (Å²) in [5.41, 5.74) is 1.52. The van der Waals surface area contributed by atoms with Crippen molar-refractivity contribution in [2.24, 2.45) is 0 Å². The van der Waals surface area contributed by atoms with Crippen molar-refractivity contribution in [3.05, 3.63) is 133 Å². The van der Waals surface area contributed by atoms with Crippen LogP contribution in [-0.2, 0) is 0 Å². The van der Waals surface area contributed by atoms with Gasteiger partial charge in [-0.3, -0.25) is 20.2 Å². The number of halogens is 1. The van der Waals surface area contributed by atoms with Gasteiger partial charge in [-0.15, -0.1) is 22.7 Å². The molecule has 0 aliphatic rings. The topological polar surface area (TPSA) is 116 Å². The van der Waals surface area contributed by atoms with Gasteiger partial charge in [0.15, 0.2) is 5.75 Å². The number of thiophene rings is 2. The molecule has 6 rings (SSSR count). The van der Waals surface area contributed by atoms with E-state index in [4.69, 9.17) is 5.02 Å². The van der Waals surface area contributed by atoms with Crippen molar-refractivity contribution in [1.29, 1.82) is 0 Å². The third-order valence-electron chi connectivity index (χ3n) is 5.53. The first-order chi connectivity index (χ1) is 19.4. The van der Waals surface area contributed by atoms with E-state index in [1.54, 1.807) is 40.9 Å². The van der Waals surface area contributed by atoms with Gasteiger partial charge in [0.1, 0.15) is 0 Å². The molecule has 6 aromatic rings. The molecule has 0 unspecified atom stereocenters. The van der Waals surface area contributed by atoms with E-state index in [1.807, 2.05) is 35.7 Å². The fourth-order valence-corrected chi connectivity index (χ4v) is 5.86. The average Bonchev–Trinajstić information content (AvgIpc) is 3.63. The van der Waals surface area contributed by atoms with Crippen molar-refractivity contribution in [3.63, 3.8) is 0 Å². The summed E-state index contributed by atoms with van der Waals surface area (Å²) in [6.45, 7) is 0. The molecule has 12 heteroatoms. The maximum atomic E-state index is 11.0. The van der Waals surface area contributed by atoms with Gasteiger partial charge >= 0.3 is 13.4 Å². The Balaban J connectivity index is 0.000000147. The summed E-state index contributed by atoms with van der Waals surface area (Å²) in [5, 5.41) is 36.2. The van der Waals surface area contributed by atoms with Crippen molar-refractivity contribution in [2.75, 3.05) is 0 Å². The van der Waals surface area contributed by atoms with E-state index in [2.05, 4.69) is 50.2 Å². The molecule has 0 saturated heterocycles. The fourth-order valence-electron chi connectivity index (χ4n) is 3.69. The van der Waals surface area contributed by atoms with Crippen LogP contribution in [0.3, 0.4) is 0 Å². The Morgan fingerprint density at radius 1 is 0.725 bits per heavy atom. The van der Waals surface area contributed by atoms with Crippen LogP contribution in [-0.4, -0.2) is 22.6 Å². The zero-order valence-corrected chi connectivity index (χ0v) is 23.8. The first-order valence-electron chi connectivity index (χ1n) is 11.6. The lowest BCUT2D eigenvalue weighted by atomic mass is 10.0. The summed E-state index contributed by atoms with van der Waals surface area (Å²) in [7, 11) is 0.405. The second-order valence-corrected chi connectivity index (χ2v) is 10.8. The van der Waals surface area contributed by atoms with Gasteiger partial charge in [-0.05, 0) is 69.6 Å². The van der Waals surface area contributed by atoms with E-state index in [0.717, 1.165) is 14.7 Å². The van der Waals surface area contributed by atoms with Crippen LogP contribution < -0.4 is 4.65 Å². The van der Waals surface area contributed by atoms with E-state index in [0.29, 0.717) is 13.2 Å². The number of fused-ring (bicyclic) bond motifs is 2. The normalized spacial score (nSPS) is 10.2. The lowest BCUT2D eigenvalue weighted by molar-refractivity contribution is -0.385. The number of hydrogen-bond donors (Lipinski definition) is 1. The molecule has 0 bridgehead atoms. The van der Waals surface area contributed by atoms with Gasteiger partial charge < -0.3 is 9.68 Å². The van der Waals surface area contributed by atoms with E-state index in [1.165, 1.54) is 39.7 Å². The number of nitrogens with zero attached hydrogens (tertiary/aromatic N) is 2. The molecule has 0 spiro atoms. The SMILES string of the molecule is Brc1ccc2ccsc2c1.O=[N+]([O-])c1ccccc1-c1ccc2ccsc2c1.O=[N+]([O-])c1ccccc1O[B]O. The Kier molecular flexibility index (Phi) is 9.98. The zero-order valence-electron chi connectivity index (χ0n) is 20.5. The summed E-state index contributed by atoms with van der Waals surface area (Å²) in [6, 6.07) is 29.0. The fraction of sp³-hybridized carbons (Fsp3) is 0. The van der Waals surface area contributed by atoms with Crippen LogP contribution >= 0.6 is 38.6 Å². The lowest BCUT2D eigenvalue weighted by Crippen LogP contribution is -2.02. The number of hydrogen-bond acceptors (Lipinski definition) is 8. The molecule has 199 valence electrons. The second kappa shape index (κ2) is 13.8. The summed E-state index contributed by atoms with van der Waals surface area (Å²) in [4.78, 5) is 20.4. The van der Waals surface area contributed by atoms with Crippen molar-refractivity contribution in [3.8, 4) is 16.9 Å². The summed E-state index contributed by atoms with van der Waals surface area (Å²) in [5.74, 6) is 0.0185. The first kappa shape index (κ1) is 28.9. The predicted octanol–water partition coefficient (Wildman–Crippen LogP) is 8.64. The molecule has 0 aliphatic carbocycles. The smallest absolute Gasteiger partial charge is 0.533 e. The second-order valence-electron chi connectivity index (χ2n) is 8.00. The molecular weight excluding hydrogens is 615 g/mol. The monoisotopic (exact) mass is 633 g/mol. The molecule has 1 radical (unpaired) electrons. The number of nitro benzene ring substituents is 2. The van der Waals surface area contributed by atoms with Crippen molar-refractivity contribution >= 4 is 77.8 Å². The van der Waals surface area contributed by atoms with Crippen LogP contribution in [0.5, 0.6) is 5.75 Å². The van der Waals surface area contributed by atoms with Crippen LogP contribution in [0.2, 0.25) is 0 Å². The number of rotatable bonds is 5. The Morgan fingerprint density at radius 2 is 1.30 bits per heavy atom. The van der Waals surface area contributed by atoms with Crippen LogP contribution in [0.4, 0.5) is 11.4 Å². The van der Waals surface area contributed by atoms with Crippen LogP contribution in [0, 0.1) is 20.2 Å². The largest absolute Gasteiger partial charge is 0.569 e. The Morgan fingerprint density at radius 3 is 1.95 bits per heavy atom. The number of para-hydroxylation sites is 3. The highest BCUT2D eigenvalue weighted by molar-refractivity contribution is 9.10. The highest BCUT2D eigenvalue weighted by Gasteiger charge is 2.14. The molecule has 8 nitrogen and oxygen atoms in total. The molecule has 4 aromatic carbocycles. The molecule has 2 aromatic heterocycles. The maximum absolute atomic E-state index is 11.0. The summed E-state index contributed by atoms with van der Waals surface area (Å²) >= 11 is 6.84. The van der Waals surface area contributed by atoms with Gasteiger partial charge in [0.25, 0.3) is 5.69 Å². The zero-order chi connectivity index (χ0) is 28.5. The number of nitro groups is 2.